The van der Waals surface area contributed by atoms with Crippen molar-refractivity contribution in [1.82, 2.24) is 0 Å². The molecule has 0 saturated heterocycles. The van der Waals surface area contributed by atoms with Crippen LogP contribution in [0.15, 0.2) is 24.3 Å². The summed E-state index contributed by atoms with van der Waals surface area (Å²) in [7, 11) is 0. The van der Waals surface area contributed by atoms with Crippen LogP contribution in [0.1, 0.15) is 48.5 Å². The third-order valence-electron chi connectivity index (χ3n) is 2.43. The van der Waals surface area contributed by atoms with Gasteiger partial charge in [-0.3, -0.25) is 4.79 Å². The van der Waals surface area contributed by atoms with Crippen molar-refractivity contribution in [3.8, 4) is 0 Å². The minimum absolute atomic E-state index is 0.766. The van der Waals surface area contributed by atoms with Gasteiger partial charge in [-0.1, -0.05) is 50.5 Å². The molecule has 1 nitrogen and oxygen atoms in total. The summed E-state index contributed by atoms with van der Waals surface area (Å²) in [6.07, 6.45) is 7.21. The molecule has 1 rings (SSSR count). The lowest BCUT2D eigenvalue weighted by molar-refractivity contribution is 0.112. The van der Waals surface area contributed by atoms with Crippen molar-refractivity contribution in [1.29, 1.82) is 0 Å². The average molecular weight is 190 g/mol. The molecule has 0 N–H and O–H groups in total. The first-order valence-corrected chi connectivity index (χ1v) is 5.41. The zero-order valence-corrected chi connectivity index (χ0v) is 8.83. The summed E-state index contributed by atoms with van der Waals surface area (Å²) < 4.78 is 0. The predicted octanol–water partition coefficient (Wildman–Crippen LogP) is 3.62. The van der Waals surface area contributed by atoms with Gasteiger partial charge in [0.05, 0.1) is 0 Å². The molecule has 0 amide bonds. The first-order valence-electron chi connectivity index (χ1n) is 5.41. The van der Waals surface area contributed by atoms with E-state index in [4.69, 9.17) is 0 Å². The number of carbonyl (C=O) groups is 1. The lowest BCUT2D eigenvalue weighted by Crippen LogP contribution is -1.87. The van der Waals surface area contributed by atoms with E-state index >= 15 is 0 Å². The van der Waals surface area contributed by atoms with Crippen molar-refractivity contribution in [2.24, 2.45) is 0 Å². The minimum atomic E-state index is 0.766. The average Bonchev–Trinajstić information content (AvgIpc) is 2.25. The van der Waals surface area contributed by atoms with Gasteiger partial charge in [-0.2, -0.15) is 0 Å². The quantitative estimate of drug-likeness (QED) is 0.494. The summed E-state index contributed by atoms with van der Waals surface area (Å²) in [6.45, 7) is 2.22. The van der Waals surface area contributed by atoms with Crippen molar-refractivity contribution in [3.63, 3.8) is 0 Å². The highest BCUT2D eigenvalue weighted by atomic mass is 16.1. The first-order chi connectivity index (χ1) is 6.86. The van der Waals surface area contributed by atoms with Crippen molar-refractivity contribution in [2.45, 2.75) is 39.0 Å². The van der Waals surface area contributed by atoms with Gasteiger partial charge in [0.2, 0.25) is 0 Å². The van der Waals surface area contributed by atoms with Crippen LogP contribution in [0.2, 0.25) is 0 Å². The Bertz CT molecular complexity index is 261. The van der Waals surface area contributed by atoms with Crippen molar-refractivity contribution in [3.05, 3.63) is 35.4 Å². The normalized spacial score (nSPS) is 10.1. The van der Waals surface area contributed by atoms with Gasteiger partial charge in [-0.15, -0.1) is 0 Å². The molecule has 0 radical (unpaired) electrons. The molecule has 0 aliphatic carbocycles. The fourth-order valence-corrected chi connectivity index (χ4v) is 1.52. The van der Waals surface area contributed by atoms with E-state index in [0.717, 1.165) is 18.3 Å². The molecule has 0 heterocycles. The molecule has 1 aromatic carbocycles. The molecule has 0 saturated carbocycles. The number of carbonyl (C=O) groups excluding carboxylic acids is 1. The number of aldehydes is 1. The molecule has 1 heteroatoms. The molecule has 0 fully saturated rings. The minimum Gasteiger partial charge on any atom is -0.298 e. The molecule has 76 valence electrons. The highest BCUT2D eigenvalue weighted by Crippen LogP contribution is 2.08. The lowest BCUT2D eigenvalue weighted by Gasteiger charge is -2.00. The Morgan fingerprint density at radius 2 is 1.79 bits per heavy atom. The number of unbranched alkanes of at least 4 members (excludes halogenated alkanes) is 3. The Kier molecular flexibility index (Phi) is 4.98. The summed E-state index contributed by atoms with van der Waals surface area (Å²) >= 11 is 0. The molecule has 0 aromatic heterocycles. The fraction of sp³-hybridized carbons (Fsp3) is 0.462. The van der Waals surface area contributed by atoms with Crippen LogP contribution in [0, 0.1) is 0 Å². The van der Waals surface area contributed by atoms with Crippen LogP contribution in [-0.4, -0.2) is 6.29 Å². The predicted molar refractivity (Wildman–Crippen MR) is 59.7 cm³/mol. The molecule has 14 heavy (non-hydrogen) atoms. The number of benzene rings is 1. The molecule has 0 unspecified atom stereocenters. The maximum atomic E-state index is 10.4. The molecule has 0 aliphatic rings. The largest absolute Gasteiger partial charge is 0.298 e. The van der Waals surface area contributed by atoms with E-state index < -0.39 is 0 Å². The second-order valence-corrected chi connectivity index (χ2v) is 3.67. The van der Waals surface area contributed by atoms with Crippen molar-refractivity contribution in [2.75, 3.05) is 0 Å². The van der Waals surface area contributed by atoms with Gasteiger partial charge < -0.3 is 0 Å². The van der Waals surface area contributed by atoms with Gasteiger partial charge in [-0.05, 0) is 18.4 Å². The van der Waals surface area contributed by atoms with Crippen LogP contribution in [0.5, 0.6) is 0 Å². The SMILES string of the molecule is CCCCCCc1ccc(C=O)cc1. The topological polar surface area (TPSA) is 17.1 Å². The van der Waals surface area contributed by atoms with E-state index in [-0.39, 0.29) is 0 Å². The molecule has 0 bridgehead atoms. The number of hydrogen-bond acceptors (Lipinski definition) is 1. The second-order valence-electron chi connectivity index (χ2n) is 3.67. The summed E-state index contributed by atoms with van der Waals surface area (Å²) in [6, 6.07) is 7.88. The Labute approximate surface area is 86.1 Å². The van der Waals surface area contributed by atoms with Crippen LogP contribution < -0.4 is 0 Å². The summed E-state index contributed by atoms with van der Waals surface area (Å²) in [5, 5.41) is 0. The highest BCUT2D eigenvalue weighted by molar-refractivity contribution is 5.74. The number of aryl methyl sites for hydroxylation is 1. The van der Waals surface area contributed by atoms with E-state index in [2.05, 4.69) is 19.1 Å². The van der Waals surface area contributed by atoms with Gasteiger partial charge in [0.25, 0.3) is 0 Å². The zero-order valence-electron chi connectivity index (χ0n) is 8.83. The lowest BCUT2D eigenvalue weighted by atomic mass is 10.1. The van der Waals surface area contributed by atoms with Gasteiger partial charge in [0, 0.05) is 5.56 Å². The standard InChI is InChI=1S/C13H18O/c1-2-3-4-5-6-12-7-9-13(11-14)10-8-12/h7-11H,2-6H2,1H3. The van der Waals surface area contributed by atoms with E-state index in [9.17, 15) is 4.79 Å². The monoisotopic (exact) mass is 190 g/mol. The Balaban J connectivity index is 2.32. The van der Waals surface area contributed by atoms with Crippen LogP contribution in [0.4, 0.5) is 0 Å². The molecular weight excluding hydrogens is 172 g/mol. The van der Waals surface area contributed by atoms with Crippen LogP contribution >= 0.6 is 0 Å². The first kappa shape index (κ1) is 11.0. The summed E-state index contributed by atoms with van der Waals surface area (Å²) in [4.78, 5) is 10.4. The van der Waals surface area contributed by atoms with Crippen LogP contribution in [0.25, 0.3) is 0 Å². The molecule has 0 spiro atoms. The smallest absolute Gasteiger partial charge is 0.150 e. The zero-order chi connectivity index (χ0) is 10.2. The highest BCUT2D eigenvalue weighted by Gasteiger charge is 1.94. The van der Waals surface area contributed by atoms with E-state index in [0.29, 0.717) is 0 Å². The van der Waals surface area contributed by atoms with Crippen LogP contribution in [-0.2, 0) is 6.42 Å². The number of hydrogen-bond donors (Lipinski definition) is 0. The van der Waals surface area contributed by atoms with Crippen LogP contribution in [0.3, 0.4) is 0 Å². The van der Waals surface area contributed by atoms with E-state index in [1.807, 2.05) is 12.1 Å². The Morgan fingerprint density at radius 1 is 1.07 bits per heavy atom. The van der Waals surface area contributed by atoms with Gasteiger partial charge >= 0.3 is 0 Å². The molecule has 0 aliphatic heterocycles. The Morgan fingerprint density at radius 3 is 2.36 bits per heavy atom. The summed E-state index contributed by atoms with van der Waals surface area (Å²) in [5.74, 6) is 0. The number of rotatable bonds is 6. The van der Waals surface area contributed by atoms with Gasteiger partial charge in [0.15, 0.2) is 0 Å². The molecular formula is C13H18O. The third kappa shape index (κ3) is 3.73. The fourth-order valence-electron chi connectivity index (χ4n) is 1.52. The van der Waals surface area contributed by atoms with Gasteiger partial charge in [-0.25, -0.2) is 0 Å². The van der Waals surface area contributed by atoms with Crippen molar-refractivity contribution >= 4 is 6.29 Å². The Hall–Kier alpha value is -1.11. The van der Waals surface area contributed by atoms with Crippen molar-refractivity contribution < 1.29 is 4.79 Å². The van der Waals surface area contributed by atoms with E-state index in [1.54, 1.807) is 0 Å². The maximum absolute atomic E-state index is 10.4. The third-order valence-corrected chi connectivity index (χ3v) is 2.43. The molecule has 1 aromatic rings. The maximum Gasteiger partial charge on any atom is 0.150 e. The van der Waals surface area contributed by atoms with Gasteiger partial charge in [0.1, 0.15) is 6.29 Å². The summed E-state index contributed by atoms with van der Waals surface area (Å²) in [5.41, 5.74) is 2.11. The molecule has 0 atom stereocenters. The van der Waals surface area contributed by atoms with E-state index in [1.165, 1.54) is 31.2 Å². The second kappa shape index (κ2) is 6.36.